The van der Waals surface area contributed by atoms with Crippen molar-refractivity contribution in [1.82, 2.24) is 5.32 Å². The molecule has 1 fully saturated rings. The Hall–Kier alpha value is -1.35. The van der Waals surface area contributed by atoms with Gasteiger partial charge in [-0.05, 0) is 19.4 Å². The Morgan fingerprint density at radius 3 is 2.65 bits per heavy atom. The van der Waals surface area contributed by atoms with Crippen molar-refractivity contribution >= 4 is 13.1 Å². The smallest absolute Gasteiger partial charge is 0.269 e. The molecule has 1 aliphatic heterocycles. The van der Waals surface area contributed by atoms with E-state index in [-0.39, 0.29) is 37.7 Å². The van der Waals surface area contributed by atoms with Crippen molar-refractivity contribution in [3.63, 3.8) is 0 Å². The molecule has 0 amide bonds. The Labute approximate surface area is 152 Å². The Bertz CT molecular complexity index is 643. The summed E-state index contributed by atoms with van der Waals surface area (Å²) in [5.74, 6) is 0. The number of nitrogens with zero attached hydrogens (tertiary/aromatic N) is 1. The molecule has 9 nitrogen and oxygen atoms in total. The lowest BCUT2D eigenvalue weighted by atomic mass is 10.1. The normalized spacial score (nSPS) is 22.9. The molecule has 0 saturated carbocycles. The van der Waals surface area contributed by atoms with Crippen molar-refractivity contribution < 1.29 is 28.6 Å². The van der Waals surface area contributed by atoms with Crippen LogP contribution in [0.15, 0.2) is 24.3 Å². The molecule has 2 N–H and O–H groups in total. The molecule has 1 heterocycles. The zero-order valence-corrected chi connectivity index (χ0v) is 15.8. The Morgan fingerprint density at radius 1 is 1.42 bits per heavy atom. The maximum Gasteiger partial charge on any atom is 0.269 e. The maximum atomic E-state index is 12.6. The van der Waals surface area contributed by atoms with E-state index in [1.807, 2.05) is 0 Å². The summed E-state index contributed by atoms with van der Waals surface area (Å²) in [5.41, 5.74) is 0.758. The van der Waals surface area contributed by atoms with E-state index in [2.05, 4.69) is 5.32 Å². The van der Waals surface area contributed by atoms with Crippen LogP contribution in [0.3, 0.4) is 0 Å². The fourth-order valence-corrected chi connectivity index (χ4v) is 4.51. The first-order valence-electron chi connectivity index (χ1n) is 8.51. The van der Waals surface area contributed by atoms with Crippen LogP contribution in [0, 0.1) is 10.1 Å². The molecule has 0 radical (unpaired) electrons. The number of morpholine rings is 1. The third kappa shape index (κ3) is 5.57. The summed E-state index contributed by atoms with van der Waals surface area (Å²) in [6, 6.07) is 4.97. The minimum Gasteiger partial charge on any atom is -0.374 e. The number of ether oxygens (including phenoxy) is 3. The number of non-ortho nitro benzene ring substituents is 1. The van der Waals surface area contributed by atoms with E-state index in [4.69, 9.17) is 14.2 Å². The van der Waals surface area contributed by atoms with Gasteiger partial charge in [0.1, 0.15) is 0 Å². The highest BCUT2D eigenvalue weighted by Crippen LogP contribution is 2.48. The summed E-state index contributed by atoms with van der Waals surface area (Å²) < 4.78 is 28.7. The van der Waals surface area contributed by atoms with Crippen LogP contribution in [0.4, 0.5) is 5.69 Å². The third-order valence-corrected chi connectivity index (χ3v) is 5.87. The van der Waals surface area contributed by atoms with Gasteiger partial charge in [0.2, 0.25) is 6.03 Å². The molecular weight excluding hydrogens is 363 g/mol. The average Bonchev–Trinajstić information content (AvgIpc) is 2.62. The van der Waals surface area contributed by atoms with Crippen molar-refractivity contribution in [1.29, 1.82) is 0 Å². The molecular formula is C16H25N2O7P. The van der Waals surface area contributed by atoms with Crippen LogP contribution >= 0.6 is 7.37 Å². The number of benzene rings is 1. The number of nitrogens with one attached hydrogen (secondary N) is 1. The molecule has 1 aromatic rings. The zero-order chi connectivity index (χ0) is 19.2. The minimum atomic E-state index is -3.72. The van der Waals surface area contributed by atoms with E-state index < -0.39 is 24.4 Å². The summed E-state index contributed by atoms with van der Waals surface area (Å²) >= 11 is 0. The van der Waals surface area contributed by atoms with Crippen molar-refractivity contribution in [2.24, 2.45) is 0 Å². The molecule has 2 rings (SSSR count). The summed E-state index contributed by atoms with van der Waals surface area (Å²) in [6.45, 7) is 4.60. The molecule has 10 heteroatoms. The lowest BCUT2D eigenvalue weighted by Gasteiger charge is -2.32. The minimum absolute atomic E-state index is 0.0163. The fourth-order valence-electron chi connectivity index (χ4n) is 2.75. The molecule has 3 atom stereocenters. The molecule has 0 bridgehead atoms. The molecule has 1 aromatic carbocycles. The van der Waals surface area contributed by atoms with Crippen LogP contribution in [-0.2, 0) is 18.8 Å². The second-order valence-corrected chi connectivity index (χ2v) is 8.22. The monoisotopic (exact) mass is 388 g/mol. The molecule has 0 aliphatic carbocycles. The summed E-state index contributed by atoms with van der Waals surface area (Å²) in [5, 5.41) is 14.1. The van der Waals surface area contributed by atoms with Crippen LogP contribution in [-0.4, -0.2) is 54.5 Å². The molecule has 0 aromatic heterocycles. The van der Waals surface area contributed by atoms with E-state index >= 15 is 0 Å². The van der Waals surface area contributed by atoms with E-state index in [0.717, 1.165) is 5.56 Å². The second-order valence-electron chi connectivity index (χ2n) is 5.92. The van der Waals surface area contributed by atoms with Gasteiger partial charge >= 0.3 is 0 Å². The maximum absolute atomic E-state index is 12.6. The second kappa shape index (κ2) is 9.55. The van der Waals surface area contributed by atoms with Crippen molar-refractivity contribution in [3.8, 4) is 0 Å². The number of nitro benzene ring substituents is 1. The van der Waals surface area contributed by atoms with Crippen LogP contribution in [0.1, 0.15) is 25.5 Å². The SMILES string of the molecule is CCOC(OCC)P(=O)(O)C[C@H]1CN[C@H](c2cccc([N+](=O)[O-])c2)CO1. The Balaban J connectivity index is 1.94. The zero-order valence-electron chi connectivity index (χ0n) is 14.9. The summed E-state index contributed by atoms with van der Waals surface area (Å²) in [4.78, 5) is 20.7. The number of hydrogen-bond acceptors (Lipinski definition) is 7. The van der Waals surface area contributed by atoms with Gasteiger partial charge in [0, 0.05) is 31.9 Å². The van der Waals surface area contributed by atoms with Gasteiger partial charge in [-0.25, -0.2) is 0 Å². The van der Waals surface area contributed by atoms with E-state index in [9.17, 15) is 19.6 Å². The topological polar surface area (TPSA) is 120 Å². The van der Waals surface area contributed by atoms with Gasteiger partial charge in [-0.2, -0.15) is 0 Å². The van der Waals surface area contributed by atoms with E-state index in [1.165, 1.54) is 12.1 Å². The van der Waals surface area contributed by atoms with Crippen LogP contribution in [0.2, 0.25) is 0 Å². The van der Waals surface area contributed by atoms with Crippen LogP contribution in [0.25, 0.3) is 0 Å². The third-order valence-electron chi connectivity index (χ3n) is 3.99. The molecule has 1 aliphatic rings. The first-order chi connectivity index (χ1) is 12.4. The van der Waals surface area contributed by atoms with E-state index in [0.29, 0.717) is 6.54 Å². The standard InChI is InChI=1S/C16H25N2O7P/c1-3-23-16(24-4-2)26(21,22)11-14-9-17-15(10-25-14)12-6-5-7-13(8-12)18(19)20/h5-8,14-17H,3-4,9-11H2,1-2H3,(H,21,22)/t14-,15+/m1/s1. The average molecular weight is 388 g/mol. The molecule has 1 saturated heterocycles. The van der Waals surface area contributed by atoms with Crippen LogP contribution < -0.4 is 5.32 Å². The van der Waals surface area contributed by atoms with Gasteiger partial charge in [-0.15, -0.1) is 0 Å². The van der Waals surface area contributed by atoms with Gasteiger partial charge in [0.15, 0.2) is 0 Å². The number of nitro groups is 1. The molecule has 0 spiro atoms. The molecule has 1 unspecified atom stereocenters. The molecule has 26 heavy (non-hydrogen) atoms. The summed E-state index contributed by atoms with van der Waals surface area (Å²) in [7, 11) is -3.72. The highest BCUT2D eigenvalue weighted by molar-refractivity contribution is 7.58. The Kier molecular flexibility index (Phi) is 7.69. The molecule has 146 valence electrons. The van der Waals surface area contributed by atoms with Gasteiger partial charge in [-0.3, -0.25) is 14.7 Å². The fraction of sp³-hybridized carbons (Fsp3) is 0.625. The number of rotatable bonds is 9. The van der Waals surface area contributed by atoms with Gasteiger partial charge in [-0.1, -0.05) is 12.1 Å². The van der Waals surface area contributed by atoms with Gasteiger partial charge in [0.25, 0.3) is 13.1 Å². The Morgan fingerprint density at radius 2 is 2.12 bits per heavy atom. The van der Waals surface area contributed by atoms with E-state index in [1.54, 1.807) is 26.0 Å². The first kappa shape index (κ1) is 21.0. The highest BCUT2D eigenvalue weighted by Gasteiger charge is 2.37. The lowest BCUT2D eigenvalue weighted by Crippen LogP contribution is -2.43. The van der Waals surface area contributed by atoms with Gasteiger partial charge in [0.05, 0.1) is 29.8 Å². The van der Waals surface area contributed by atoms with Crippen molar-refractivity contribution in [2.45, 2.75) is 32.0 Å². The first-order valence-corrected chi connectivity index (χ1v) is 10.4. The number of hydrogen-bond donors (Lipinski definition) is 2. The van der Waals surface area contributed by atoms with Gasteiger partial charge < -0.3 is 24.4 Å². The quantitative estimate of drug-likeness (QED) is 0.286. The lowest BCUT2D eigenvalue weighted by molar-refractivity contribution is -0.384. The predicted octanol–water partition coefficient (Wildman–Crippen LogP) is 2.25. The van der Waals surface area contributed by atoms with Crippen LogP contribution in [0.5, 0.6) is 0 Å². The highest BCUT2D eigenvalue weighted by atomic mass is 31.2. The van der Waals surface area contributed by atoms with Crippen molar-refractivity contribution in [2.75, 3.05) is 32.5 Å². The largest absolute Gasteiger partial charge is 0.374 e. The van der Waals surface area contributed by atoms with Crippen molar-refractivity contribution in [3.05, 3.63) is 39.9 Å². The summed E-state index contributed by atoms with van der Waals surface area (Å²) in [6.07, 6.45) is -0.559. The predicted molar refractivity (Wildman–Crippen MR) is 95.3 cm³/mol.